The minimum Gasteiger partial charge on any atom is -0.449 e. The largest absolute Gasteiger partial charge is 0.449 e. The van der Waals surface area contributed by atoms with E-state index in [1.54, 1.807) is 0 Å². The van der Waals surface area contributed by atoms with Crippen LogP contribution in [0.5, 0.6) is 0 Å². The molecule has 0 aliphatic carbocycles. The van der Waals surface area contributed by atoms with E-state index in [1.807, 2.05) is 11.8 Å². The minimum atomic E-state index is -0.136. The number of unbranched alkanes of at least 4 members (excludes halogenated alkanes) is 1. The SMILES string of the molecule is CCCCOC(=O)N(CC)C1CCNCC1. The fourth-order valence-electron chi connectivity index (χ4n) is 2.04. The van der Waals surface area contributed by atoms with Crippen molar-refractivity contribution < 1.29 is 9.53 Å². The highest BCUT2D eigenvalue weighted by molar-refractivity contribution is 5.68. The lowest BCUT2D eigenvalue weighted by atomic mass is 10.1. The van der Waals surface area contributed by atoms with Crippen molar-refractivity contribution in [2.75, 3.05) is 26.2 Å². The van der Waals surface area contributed by atoms with E-state index >= 15 is 0 Å². The smallest absolute Gasteiger partial charge is 0.409 e. The van der Waals surface area contributed by atoms with Crippen LogP contribution in [0.15, 0.2) is 0 Å². The van der Waals surface area contributed by atoms with Crippen LogP contribution < -0.4 is 5.32 Å². The fourth-order valence-corrected chi connectivity index (χ4v) is 2.04. The summed E-state index contributed by atoms with van der Waals surface area (Å²) in [5.41, 5.74) is 0. The average molecular weight is 228 g/mol. The summed E-state index contributed by atoms with van der Waals surface area (Å²) in [7, 11) is 0. The zero-order valence-corrected chi connectivity index (χ0v) is 10.5. The number of amides is 1. The highest BCUT2D eigenvalue weighted by atomic mass is 16.6. The molecule has 0 spiro atoms. The molecule has 1 aliphatic heterocycles. The van der Waals surface area contributed by atoms with Gasteiger partial charge in [-0.2, -0.15) is 0 Å². The molecule has 0 bridgehead atoms. The van der Waals surface area contributed by atoms with Gasteiger partial charge < -0.3 is 15.0 Å². The Hall–Kier alpha value is -0.770. The van der Waals surface area contributed by atoms with Gasteiger partial charge in [0, 0.05) is 12.6 Å². The van der Waals surface area contributed by atoms with Crippen LogP contribution >= 0.6 is 0 Å². The summed E-state index contributed by atoms with van der Waals surface area (Å²) in [6, 6.07) is 0.361. The molecule has 0 aromatic rings. The second-order valence-corrected chi connectivity index (χ2v) is 4.24. The summed E-state index contributed by atoms with van der Waals surface area (Å²) in [4.78, 5) is 13.7. The van der Waals surface area contributed by atoms with Gasteiger partial charge in [0.25, 0.3) is 0 Å². The lowest BCUT2D eigenvalue weighted by Gasteiger charge is -2.33. The maximum atomic E-state index is 11.8. The molecule has 0 radical (unpaired) electrons. The van der Waals surface area contributed by atoms with Gasteiger partial charge in [-0.1, -0.05) is 13.3 Å². The van der Waals surface area contributed by atoms with Crippen molar-refractivity contribution in [3.63, 3.8) is 0 Å². The number of carbonyl (C=O) groups excluding carboxylic acids is 1. The molecule has 94 valence electrons. The molecule has 4 heteroatoms. The maximum Gasteiger partial charge on any atom is 0.409 e. The molecule has 1 saturated heterocycles. The molecule has 1 heterocycles. The molecule has 0 aromatic carbocycles. The van der Waals surface area contributed by atoms with Crippen molar-refractivity contribution in [2.24, 2.45) is 0 Å². The van der Waals surface area contributed by atoms with E-state index in [-0.39, 0.29) is 6.09 Å². The van der Waals surface area contributed by atoms with Crippen LogP contribution in [0.1, 0.15) is 39.5 Å². The lowest BCUT2D eigenvalue weighted by molar-refractivity contribution is 0.0802. The lowest BCUT2D eigenvalue weighted by Crippen LogP contribution is -2.46. The Balaban J connectivity index is 2.35. The van der Waals surface area contributed by atoms with Crippen LogP contribution in [-0.4, -0.2) is 43.3 Å². The first-order valence-electron chi connectivity index (χ1n) is 6.43. The quantitative estimate of drug-likeness (QED) is 0.732. The van der Waals surface area contributed by atoms with Crippen LogP contribution in [0.4, 0.5) is 4.79 Å². The molecule has 1 N–H and O–H groups in total. The number of piperidine rings is 1. The number of hydrogen-bond acceptors (Lipinski definition) is 3. The third kappa shape index (κ3) is 4.00. The van der Waals surface area contributed by atoms with E-state index in [0.717, 1.165) is 45.3 Å². The summed E-state index contributed by atoms with van der Waals surface area (Å²) in [6.45, 7) is 7.42. The number of hydrogen-bond donors (Lipinski definition) is 1. The molecule has 0 aromatic heterocycles. The molecule has 1 fully saturated rings. The van der Waals surface area contributed by atoms with Crippen molar-refractivity contribution in [2.45, 2.75) is 45.6 Å². The second kappa shape index (κ2) is 7.49. The summed E-state index contributed by atoms with van der Waals surface area (Å²) in [5.74, 6) is 0. The van der Waals surface area contributed by atoms with Crippen LogP contribution in [-0.2, 0) is 4.74 Å². The first-order valence-corrected chi connectivity index (χ1v) is 6.43. The Morgan fingerprint density at radius 1 is 1.38 bits per heavy atom. The van der Waals surface area contributed by atoms with E-state index in [1.165, 1.54) is 0 Å². The van der Waals surface area contributed by atoms with Gasteiger partial charge in [-0.05, 0) is 39.3 Å². The molecular formula is C12H24N2O2. The third-order valence-electron chi connectivity index (χ3n) is 3.05. The molecule has 1 amide bonds. The number of nitrogens with one attached hydrogen (secondary N) is 1. The van der Waals surface area contributed by atoms with Gasteiger partial charge >= 0.3 is 6.09 Å². The molecule has 0 saturated carbocycles. The Morgan fingerprint density at radius 2 is 2.06 bits per heavy atom. The molecule has 4 nitrogen and oxygen atoms in total. The standard InChI is InChI=1S/C12H24N2O2/c1-3-5-10-16-12(15)14(4-2)11-6-8-13-9-7-11/h11,13H,3-10H2,1-2H3. The first-order chi connectivity index (χ1) is 7.79. The third-order valence-corrected chi connectivity index (χ3v) is 3.05. The molecule has 16 heavy (non-hydrogen) atoms. The van der Waals surface area contributed by atoms with Gasteiger partial charge in [0.1, 0.15) is 0 Å². The molecular weight excluding hydrogens is 204 g/mol. The topological polar surface area (TPSA) is 41.6 Å². The Labute approximate surface area is 98.3 Å². The minimum absolute atomic E-state index is 0.136. The van der Waals surface area contributed by atoms with Crippen LogP contribution in [0.25, 0.3) is 0 Å². The highest BCUT2D eigenvalue weighted by Crippen LogP contribution is 2.12. The van der Waals surface area contributed by atoms with Crippen molar-refractivity contribution in [1.29, 1.82) is 0 Å². The second-order valence-electron chi connectivity index (χ2n) is 4.24. The van der Waals surface area contributed by atoms with Crippen LogP contribution in [0.3, 0.4) is 0 Å². The van der Waals surface area contributed by atoms with E-state index in [4.69, 9.17) is 4.74 Å². The zero-order chi connectivity index (χ0) is 11.8. The number of nitrogens with zero attached hydrogens (tertiary/aromatic N) is 1. The summed E-state index contributed by atoms with van der Waals surface area (Å²) >= 11 is 0. The Bertz CT molecular complexity index is 203. The monoisotopic (exact) mass is 228 g/mol. The first kappa shape index (κ1) is 13.3. The molecule has 1 rings (SSSR count). The van der Waals surface area contributed by atoms with Gasteiger partial charge in [-0.25, -0.2) is 4.79 Å². The number of carbonyl (C=O) groups is 1. The van der Waals surface area contributed by atoms with E-state index in [0.29, 0.717) is 12.6 Å². The van der Waals surface area contributed by atoms with Gasteiger partial charge in [0.15, 0.2) is 0 Å². The van der Waals surface area contributed by atoms with Crippen molar-refractivity contribution in [1.82, 2.24) is 10.2 Å². The van der Waals surface area contributed by atoms with Crippen LogP contribution in [0.2, 0.25) is 0 Å². The molecule has 0 atom stereocenters. The Morgan fingerprint density at radius 3 is 2.62 bits per heavy atom. The van der Waals surface area contributed by atoms with Gasteiger partial charge in [0.2, 0.25) is 0 Å². The fraction of sp³-hybridized carbons (Fsp3) is 0.917. The number of rotatable bonds is 5. The molecule has 1 aliphatic rings. The van der Waals surface area contributed by atoms with E-state index < -0.39 is 0 Å². The van der Waals surface area contributed by atoms with Crippen molar-refractivity contribution in [3.8, 4) is 0 Å². The summed E-state index contributed by atoms with van der Waals surface area (Å²) in [6.07, 6.45) is 3.96. The zero-order valence-electron chi connectivity index (χ0n) is 10.5. The molecule has 0 unspecified atom stereocenters. The van der Waals surface area contributed by atoms with Gasteiger partial charge in [0.05, 0.1) is 6.61 Å². The van der Waals surface area contributed by atoms with Crippen LogP contribution in [0, 0.1) is 0 Å². The Kier molecular flexibility index (Phi) is 6.23. The summed E-state index contributed by atoms with van der Waals surface area (Å²) < 4.78 is 5.26. The van der Waals surface area contributed by atoms with Gasteiger partial charge in [-0.15, -0.1) is 0 Å². The predicted octanol–water partition coefficient (Wildman–Crippen LogP) is 2.00. The van der Waals surface area contributed by atoms with Gasteiger partial charge in [-0.3, -0.25) is 0 Å². The van der Waals surface area contributed by atoms with Crippen molar-refractivity contribution in [3.05, 3.63) is 0 Å². The van der Waals surface area contributed by atoms with E-state index in [9.17, 15) is 4.79 Å². The summed E-state index contributed by atoms with van der Waals surface area (Å²) in [5, 5.41) is 3.31. The normalized spacial score (nSPS) is 17.1. The van der Waals surface area contributed by atoms with E-state index in [2.05, 4.69) is 12.2 Å². The average Bonchev–Trinajstić information content (AvgIpc) is 2.32. The maximum absolute atomic E-state index is 11.8. The number of ether oxygens (including phenoxy) is 1. The van der Waals surface area contributed by atoms with Crippen molar-refractivity contribution >= 4 is 6.09 Å². The highest BCUT2D eigenvalue weighted by Gasteiger charge is 2.24. The predicted molar refractivity (Wildman–Crippen MR) is 64.5 cm³/mol.